The summed E-state index contributed by atoms with van der Waals surface area (Å²) in [7, 11) is 1.58. The van der Waals surface area contributed by atoms with Crippen LogP contribution in [0.3, 0.4) is 0 Å². The fourth-order valence-corrected chi connectivity index (χ4v) is 6.15. The maximum atomic E-state index is 13.5. The van der Waals surface area contributed by atoms with Gasteiger partial charge in [0.2, 0.25) is 5.91 Å². The predicted octanol–water partition coefficient (Wildman–Crippen LogP) is 8.22. The van der Waals surface area contributed by atoms with Crippen molar-refractivity contribution in [3.05, 3.63) is 144 Å². The number of rotatable bonds is 12. The summed E-state index contributed by atoms with van der Waals surface area (Å²) in [6.45, 7) is 0. The molecule has 0 fully saturated rings. The van der Waals surface area contributed by atoms with Gasteiger partial charge in [-0.3, -0.25) is 14.4 Å². The van der Waals surface area contributed by atoms with Gasteiger partial charge in [-0.15, -0.1) is 23.1 Å². The Morgan fingerprint density at radius 3 is 2.31 bits per heavy atom. The molecule has 4 aromatic carbocycles. The highest BCUT2D eigenvalue weighted by molar-refractivity contribution is 8.00. The molecule has 9 nitrogen and oxygen atoms in total. The number of amides is 3. The minimum Gasteiger partial charge on any atom is -0.496 e. The Kier molecular flexibility index (Phi) is 10.6. The van der Waals surface area contributed by atoms with Gasteiger partial charge < -0.3 is 25.1 Å². The van der Waals surface area contributed by atoms with Gasteiger partial charge in [-0.2, -0.15) is 0 Å². The van der Waals surface area contributed by atoms with Gasteiger partial charge in [0.25, 0.3) is 11.8 Å². The first-order chi connectivity index (χ1) is 23.9. The van der Waals surface area contributed by atoms with Crippen LogP contribution in [0.2, 0.25) is 0 Å². The van der Waals surface area contributed by atoms with Crippen molar-refractivity contribution >= 4 is 57.7 Å². The number of hydrogen-bond donors (Lipinski definition) is 3. The van der Waals surface area contributed by atoms with Gasteiger partial charge in [0.15, 0.2) is 5.13 Å². The number of carbonyl (C=O) groups is 3. The van der Waals surface area contributed by atoms with Gasteiger partial charge in [0.1, 0.15) is 23.0 Å². The van der Waals surface area contributed by atoms with Crippen LogP contribution in [-0.4, -0.2) is 35.6 Å². The molecule has 49 heavy (non-hydrogen) atoms. The average molecular weight is 687 g/mol. The molecule has 0 aliphatic carbocycles. The molecule has 6 rings (SSSR count). The zero-order valence-electron chi connectivity index (χ0n) is 26.2. The van der Waals surface area contributed by atoms with Gasteiger partial charge in [-0.1, -0.05) is 60.7 Å². The molecule has 0 saturated heterocycles. The Balaban J connectivity index is 1.10. The number of nitrogens with zero attached hydrogens (tertiary/aromatic N) is 1. The number of hydrogen-bond acceptors (Lipinski definition) is 8. The Hall–Kier alpha value is -5.91. The largest absolute Gasteiger partial charge is 0.496 e. The van der Waals surface area contributed by atoms with Gasteiger partial charge >= 0.3 is 0 Å². The summed E-state index contributed by atoms with van der Waals surface area (Å²) in [6.07, 6.45) is 1.48. The Labute approximate surface area is 291 Å². The number of benzene rings is 4. The van der Waals surface area contributed by atoms with Crippen molar-refractivity contribution in [2.24, 2.45) is 0 Å². The third-order valence-electron chi connectivity index (χ3n) is 7.12. The van der Waals surface area contributed by atoms with E-state index in [2.05, 4.69) is 20.9 Å². The fourth-order valence-electron chi connectivity index (χ4n) is 4.72. The third-order valence-corrected chi connectivity index (χ3v) is 8.89. The van der Waals surface area contributed by atoms with Crippen LogP contribution in [0.15, 0.2) is 142 Å². The molecule has 0 aliphatic heterocycles. The Bertz CT molecular complexity index is 2090. The summed E-state index contributed by atoms with van der Waals surface area (Å²) in [6, 6.07) is 36.4. The summed E-state index contributed by atoms with van der Waals surface area (Å²) < 4.78 is 11.5. The van der Waals surface area contributed by atoms with Crippen LogP contribution in [0, 0.1) is 0 Å². The first kappa shape index (κ1) is 33.0. The van der Waals surface area contributed by atoms with Crippen molar-refractivity contribution in [1.29, 1.82) is 0 Å². The number of methoxy groups -OCH3 is 1. The normalized spacial score (nSPS) is 11.1. The van der Waals surface area contributed by atoms with E-state index in [0.717, 1.165) is 21.7 Å². The predicted molar refractivity (Wildman–Crippen MR) is 195 cm³/mol. The van der Waals surface area contributed by atoms with Gasteiger partial charge in [0, 0.05) is 33.2 Å². The molecule has 6 aromatic rings. The average Bonchev–Trinajstić information content (AvgIpc) is 3.82. The van der Waals surface area contributed by atoms with Crippen molar-refractivity contribution in [2.45, 2.75) is 4.90 Å². The minimum absolute atomic E-state index is 0.0116. The van der Waals surface area contributed by atoms with E-state index in [-0.39, 0.29) is 17.4 Å². The number of thioether (sulfide) groups is 1. The van der Waals surface area contributed by atoms with Crippen LogP contribution >= 0.6 is 23.1 Å². The molecule has 0 radical (unpaired) electrons. The highest BCUT2D eigenvalue weighted by Gasteiger charge is 2.17. The van der Waals surface area contributed by atoms with Crippen LogP contribution in [0.5, 0.6) is 5.75 Å². The lowest BCUT2D eigenvalue weighted by Crippen LogP contribution is -2.30. The number of carbonyl (C=O) groups excluding carboxylic acids is 3. The SMILES string of the molecule is COc1ccccc1-c1ccc(C=C(NC(=O)c2ccccc2)C(=O)Nc2ccc(SCC(=O)Nc3nc(-c4ccccc4)cs3)cc2)o1. The lowest BCUT2D eigenvalue weighted by molar-refractivity contribution is -0.114. The summed E-state index contributed by atoms with van der Waals surface area (Å²) in [4.78, 5) is 44.5. The highest BCUT2D eigenvalue weighted by Crippen LogP contribution is 2.31. The number of furan rings is 1. The molecule has 0 spiro atoms. The molecule has 244 valence electrons. The molecule has 11 heteroatoms. The molecule has 3 N–H and O–H groups in total. The second-order valence-electron chi connectivity index (χ2n) is 10.5. The Morgan fingerprint density at radius 2 is 1.55 bits per heavy atom. The lowest BCUT2D eigenvalue weighted by Gasteiger charge is -2.11. The molecule has 0 bridgehead atoms. The molecule has 2 heterocycles. The summed E-state index contributed by atoms with van der Waals surface area (Å²) in [5.74, 6) is 0.565. The maximum Gasteiger partial charge on any atom is 0.272 e. The second kappa shape index (κ2) is 15.8. The van der Waals surface area contributed by atoms with E-state index in [4.69, 9.17) is 9.15 Å². The smallest absolute Gasteiger partial charge is 0.272 e. The summed E-state index contributed by atoms with van der Waals surface area (Å²) in [5.41, 5.74) is 3.44. The van der Waals surface area contributed by atoms with E-state index in [1.165, 1.54) is 29.2 Å². The fraction of sp³-hybridized carbons (Fsp3) is 0.0526. The second-order valence-corrected chi connectivity index (χ2v) is 12.4. The van der Waals surface area contributed by atoms with E-state index >= 15 is 0 Å². The molecule has 3 amide bonds. The molecular formula is C38H30N4O5S2. The van der Waals surface area contributed by atoms with Crippen molar-refractivity contribution < 1.29 is 23.5 Å². The van der Waals surface area contributed by atoms with Crippen molar-refractivity contribution in [2.75, 3.05) is 23.5 Å². The highest BCUT2D eigenvalue weighted by atomic mass is 32.2. The van der Waals surface area contributed by atoms with E-state index in [1.807, 2.05) is 72.1 Å². The monoisotopic (exact) mass is 686 g/mol. The topological polar surface area (TPSA) is 123 Å². The van der Waals surface area contributed by atoms with Gasteiger partial charge in [-0.05, 0) is 60.7 Å². The van der Waals surface area contributed by atoms with E-state index in [9.17, 15) is 14.4 Å². The first-order valence-corrected chi connectivity index (χ1v) is 17.0. The quantitative estimate of drug-likeness (QED) is 0.0876. The zero-order valence-corrected chi connectivity index (χ0v) is 27.8. The summed E-state index contributed by atoms with van der Waals surface area (Å²) in [5, 5.41) is 10.9. The summed E-state index contributed by atoms with van der Waals surface area (Å²) >= 11 is 2.73. The number of para-hydroxylation sites is 1. The van der Waals surface area contributed by atoms with Crippen molar-refractivity contribution in [1.82, 2.24) is 10.3 Å². The molecule has 0 atom stereocenters. The third kappa shape index (κ3) is 8.72. The van der Waals surface area contributed by atoms with E-state index in [1.54, 1.807) is 61.7 Å². The lowest BCUT2D eigenvalue weighted by atomic mass is 10.1. The minimum atomic E-state index is -0.544. The number of nitrogens with one attached hydrogen (secondary N) is 3. The van der Waals surface area contributed by atoms with E-state index in [0.29, 0.717) is 33.7 Å². The van der Waals surface area contributed by atoms with Crippen molar-refractivity contribution in [3.8, 4) is 28.3 Å². The first-order valence-electron chi connectivity index (χ1n) is 15.1. The van der Waals surface area contributed by atoms with Crippen LogP contribution in [0.25, 0.3) is 28.7 Å². The van der Waals surface area contributed by atoms with Crippen LogP contribution in [0.4, 0.5) is 10.8 Å². The number of aromatic nitrogens is 1. The number of anilines is 2. The van der Waals surface area contributed by atoms with E-state index < -0.39 is 11.8 Å². The number of thiazole rings is 1. The molecule has 0 aliphatic rings. The van der Waals surface area contributed by atoms with Gasteiger partial charge in [-0.25, -0.2) is 4.98 Å². The standard InChI is InChI=1S/C38H30N4O5S2/c1-46-33-15-9-8-14-30(33)34-21-18-28(47-34)22-31(40-36(44)26-12-6-3-7-13-26)37(45)39-27-16-19-29(20-17-27)48-24-35(43)42-38-41-32(23-49-38)25-10-4-2-5-11-25/h2-23H,24H2,1H3,(H,39,45)(H,40,44)(H,41,42,43). The van der Waals surface area contributed by atoms with Gasteiger partial charge in [0.05, 0.1) is 24.1 Å². The molecule has 0 unspecified atom stereocenters. The number of ether oxygens (including phenoxy) is 1. The van der Waals surface area contributed by atoms with Crippen LogP contribution < -0.4 is 20.7 Å². The van der Waals surface area contributed by atoms with Crippen LogP contribution in [0.1, 0.15) is 16.1 Å². The molecule has 2 aromatic heterocycles. The maximum absolute atomic E-state index is 13.5. The molecule has 0 saturated carbocycles. The Morgan fingerprint density at radius 1 is 0.837 bits per heavy atom. The van der Waals surface area contributed by atoms with Crippen molar-refractivity contribution in [3.63, 3.8) is 0 Å². The van der Waals surface area contributed by atoms with Crippen LogP contribution in [-0.2, 0) is 9.59 Å². The molecular weight excluding hydrogens is 657 g/mol. The zero-order chi connectivity index (χ0) is 34.0.